The standard InChI is InChI=1S/C18H24ClN3OS/c1-10(21-16(23)15(20)18(3,4)5)17-22-14(11(2)24-17)12-6-8-13(19)9-7-12/h6-10,15H,20H2,1-5H3,(H,21,23)/t10?,15-/m1/s1. The zero-order valence-electron chi connectivity index (χ0n) is 14.7. The normalized spacial score (nSPS) is 14.3. The lowest BCUT2D eigenvalue weighted by Crippen LogP contribution is -2.49. The zero-order chi connectivity index (χ0) is 18.1. The van der Waals surface area contributed by atoms with Crippen molar-refractivity contribution < 1.29 is 4.79 Å². The van der Waals surface area contributed by atoms with E-state index in [1.165, 1.54) is 0 Å². The van der Waals surface area contributed by atoms with Crippen LogP contribution in [-0.2, 0) is 4.79 Å². The van der Waals surface area contributed by atoms with Crippen LogP contribution < -0.4 is 11.1 Å². The minimum Gasteiger partial charge on any atom is -0.346 e. The lowest BCUT2D eigenvalue weighted by molar-refractivity contribution is -0.125. The van der Waals surface area contributed by atoms with E-state index in [4.69, 9.17) is 22.3 Å². The molecule has 0 saturated heterocycles. The Morgan fingerprint density at radius 3 is 2.42 bits per heavy atom. The molecule has 0 radical (unpaired) electrons. The molecule has 1 aromatic heterocycles. The summed E-state index contributed by atoms with van der Waals surface area (Å²) < 4.78 is 0. The van der Waals surface area contributed by atoms with Gasteiger partial charge in [-0.25, -0.2) is 4.98 Å². The number of carbonyl (C=O) groups is 1. The first-order valence-corrected chi connectivity index (χ1v) is 9.08. The molecule has 0 aliphatic carbocycles. The van der Waals surface area contributed by atoms with Crippen LogP contribution in [0.25, 0.3) is 11.3 Å². The van der Waals surface area contributed by atoms with Gasteiger partial charge in [0, 0.05) is 15.5 Å². The molecule has 1 amide bonds. The predicted octanol–water partition coefficient (Wildman–Crippen LogP) is 4.32. The number of nitrogens with zero attached hydrogens (tertiary/aromatic N) is 1. The number of nitrogens with two attached hydrogens (primary N) is 1. The number of nitrogens with one attached hydrogen (secondary N) is 1. The van der Waals surface area contributed by atoms with E-state index in [-0.39, 0.29) is 17.4 Å². The van der Waals surface area contributed by atoms with E-state index in [0.29, 0.717) is 5.02 Å². The Hall–Kier alpha value is -1.43. The molecule has 3 N–H and O–H groups in total. The Labute approximate surface area is 152 Å². The van der Waals surface area contributed by atoms with Crippen LogP contribution >= 0.6 is 22.9 Å². The van der Waals surface area contributed by atoms with Crippen molar-refractivity contribution in [3.8, 4) is 11.3 Å². The minimum atomic E-state index is -0.559. The highest BCUT2D eigenvalue weighted by atomic mass is 35.5. The molecule has 0 aliphatic rings. The molecule has 1 heterocycles. The zero-order valence-corrected chi connectivity index (χ0v) is 16.3. The first kappa shape index (κ1) is 18.9. The highest BCUT2D eigenvalue weighted by molar-refractivity contribution is 7.12. The van der Waals surface area contributed by atoms with Gasteiger partial charge in [0.2, 0.25) is 5.91 Å². The van der Waals surface area contributed by atoms with Crippen molar-refractivity contribution in [1.29, 1.82) is 0 Å². The summed E-state index contributed by atoms with van der Waals surface area (Å²) in [6.45, 7) is 9.81. The van der Waals surface area contributed by atoms with Crippen molar-refractivity contribution in [2.45, 2.75) is 46.7 Å². The topological polar surface area (TPSA) is 68.0 Å². The van der Waals surface area contributed by atoms with Gasteiger partial charge in [-0.15, -0.1) is 11.3 Å². The molecule has 2 aromatic rings. The van der Waals surface area contributed by atoms with Gasteiger partial charge >= 0.3 is 0 Å². The molecular weight excluding hydrogens is 342 g/mol. The van der Waals surface area contributed by atoms with E-state index in [2.05, 4.69) is 5.32 Å². The Bertz CT molecular complexity index is 719. The number of hydrogen-bond acceptors (Lipinski definition) is 4. The third-order valence-electron chi connectivity index (χ3n) is 3.88. The van der Waals surface area contributed by atoms with Gasteiger partial charge in [-0.2, -0.15) is 0 Å². The number of halogens is 1. The van der Waals surface area contributed by atoms with E-state index < -0.39 is 6.04 Å². The monoisotopic (exact) mass is 365 g/mol. The largest absolute Gasteiger partial charge is 0.346 e. The van der Waals surface area contributed by atoms with Crippen LogP contribution in [0.3, 0.4) is 0 Å². The Morgan fingerprint density at radius 1 is 1.29 bits per heavy atom. The molecule has 1 aromatic carbocycles. The smallest absolute Gasteiger partial charge is 0.238 e. The number of aromatic nitrogens is 1. The van der Waals surface area contributed by atoms with Gasteiger partial charge in [0.05, 0.1) is 17.8 Å². The molecule has 0 bridgehead atoms. The number of thiazole rings is 1. The fourth-order valence-corrected chi connectivity index (χ4v) is 3.31. The Morgan fingerprint density at radius 2 is 1.88 bits per heavy atom. The summed E-state index contributed by atoms with van der Waals surface area (Å²) in [4.78, 5) is 18.1. The van der Waals surface area contributed by atoms with Crippen molar-refractivity contribution in [2.75, 3.05) is 0 Å². The highest BCUT2D eigenvalue weighted by Gasteiger charge is 2.29. The third-order valence-corrected chi connectivity index (χ3v) is 5.28. The maximum atomic E-state index is 12.3. The molecule has 6 heteroatoms. The van der Waals surface area contributed by atoms with Crippen LogP contribution in [0.5, 0.6) is 0 Å². The molecule has 1 unspecified atom stereocenters. The second kappa shape index (κ2) is 7.21. The lowest BCUT2D eigenvalue weighted by Gasteiger charge is -2.27. The van der Waals surface area contributed by atoms with E-state index in [9.17, 15) is 4.79 Å². The van der Waals surface area contributed by atoms with E-state index in [1.54, 1.807) is 11.3 Å². The van der Waals surface area contributed by atoms with Gasteiger partial charge in [-0.05, 0) is 31.4 Å². The molecular formula is C18H24ClN3OS. The average molecular weight is 366 g/mol. The van der Waals surface area contributed by atoms with Crippen LogP contribution in [0.15, 0.2) is 24.3 Å². The van der Waals surface area contributed by atoms with Crippen LogP contribution in [0, 0.1) is 12.3 Å². The highest BCUT2D eigenvalue weighted by Crippen LogP contribution is 2.31. The number of rotatable bonds is 4. The fraction of sp³-hybridized carbons (Fsp3) is 0.444. The predicted molar refractivity (Wildman–Crippen MR) is 101 cm³/mol. The SMILES string of the molecule is Cc1sc(C(C)NC(=O)[C@@H](N)C(C)(C)C)nc1-c1ccc(Cl)cc1. The molecule has 0 aliphatic heterocycles. The first-order valence-electron chi connectivity index (χ1n) is 7.89. The summed E-state index contributed by atoms with van der Waals surface area (Å²) in [5.74, 6) is -0.157. The molecule has 0 fully saturated rings. The van der Waals surface area contributed by atoms with E-state index in [1.807, 2.05) is 58.9 Å². The van der Waals surface area contributed by atoms with Gasteiger partial charge in [0.1, 0.15) is 5.01 Å². The van der Waals surface area contributed by atoms with Gasteiger partial charge in [-0.1, -0.05) is 44.5 Å². The van der Waals surface area contributed by atoms with E-state index >= 15 is 0 Å². The number of aryl methyl sites for hydroxylation is 1. The van der Waals surface area contributed by atoms with Crippen LogP contribution in [0.4, 0.5) is 0 Å². The number of benzene rings is 1. The number of carbonyl (C=O) groups excluding carboxylic acids is 1. The molecule has 2 rings (SSSR count). The number of hydrogen-bond donors (Lipinski definition) is 2. The summed E-state index contributed by atoms with van der Waals surface area (Å²) in [5, 5.41) is 4.53. The second-order valence-corrected chi connectivity index (χ2v) is 8.71. The Kier molecular flexibility index (Phi) is 5.68. The average Bonchev–Trinajstić information content (AvgIpc) is 2.88. The van der Waals surface area contributed by atoms with Crippen molar-refractivity contribution in [3.05, 3.63) is 39.2 Å². The minimum absolute atomic E-state index is 0.157. The number of amides is 1. The Balaban J connectivity index is 2.17. The summed E-state index contributed by atoms with van der Waals surface area (Å²) in [5.41, 5.74) is 7.68. The molecule has 130 valence electrons. The molecule has 0 spiro atoms. The van der Waals surface area contributed by atoms with Gasteiger partial charge in [-0.3, -0.25) is 4.79 Å². The maximum absolute atomic E-state index is 12.3. The summed E-state index contributed by atoms with van der Waals surface area (Å²) in [6, 6.07) is 6.86. The second-order valence-electron chi connectivity index (χ2n) is 7.04. The van der Waals surface area contributed by atoms with Gasteiger partial charge in [0.15, 0.2) is 0 Å². The summed E-state index contributed by atoms with van der Waals surface area (Å²) in [7, 11) is 0. The molecule has 24 heavy (non-hydrogen) atoms. The first-order chi connectivity index (χ1) is 11.1. The van der Waals surface area contributed by atoms with Crippen LogP contribution in [-0.4, -0.2) is 16.9 Å². The van der Waals surface area contributed by atoms with Crippen molar-refractivity contribution >= 4 is 28.8 Å². The van der Waals surface area contributed by atoms with Gasteiger partial charge < -0.3 is 11.1 Å². The molecule has 2 atom stereocenters. The van der Waals surface area contributed by atoms with E-state index in [0.717, 1.165) is 21.1 Å². The maximum Gasteiger partial charge on any atom is 0.238 e. The van der Waals surface area contributed by atoms with Crippen molar-refractivity contribution in [2.24, 2.45) is 11.1 Å². The third kappa shape index (κ3) is 4.35. The van der Waals surface area contributed by atoms with Crippen LogP contribution in [0.1, 0.15) is 43.6 Å². The quantitative estimate of drug-likeness (QED) is 0.847. The molecule has 4 nitrogen and oxygen atoms in total. The van der Waals surface area contributed by atoms with Crippen LogP contribution in [0.2, 0.25) is 5.02 Å². The summed E-state index contributed by atoms with van der Waals surface area (Å²) >= 11 is 7.52. The fourth-order valence-electron chi connectivity index (χ4n) is 2.24. The van der Waals surface area contributed by atoms with Crippen molar-refractivity contribution in [3.63, 3.8) is 0 Å². The molecule has 0 saturated carbocycles. The van der Waals surface area contributed by atoms with Gasteiger partial charge in [0.25, 0.3) is 0 Å². The van der Waals surface area contributed by atoms with Crippen molar-refractivity contribution in [1.82, 2.24) is 10.3 Å². The summed E-state index contributed by atoms with van der Waals surface area (Å²) in [6.07, 6.45) is 0. The lowest BCUT2D eigenvalue weighted by atomic mass is 9.87.